The van der Waals surface area contributed by atoms with Crippen LogP contribution in [0, 0.1) is 22.9 Å². The van der Waals surface area contributed by atoms with Gasteiger partial charge in [0, 0.05) is 17.2 Å². The van der Waals surface area contributed by atoms with E-state index in [4.69, 9.17) is 14.2 Å². The maximum Gasteiger partial charge on any atom is 0.363 e. The van der Waals surface area contributed by atoms with E-state index in [1.807, 2.05) is 6.92 Å². The highest BCUT2D eigenvalue weighted by Gasteiger charge is 2.25. The van der Waals surface area contributed by atoms with Crippen LogP contribution in [0.3, 0.4) is 0 Å². The molecule has 0 aromatic heterocycles. The van der Waals surface area contributed by atoms with Crippen LogP contribution < -0.4 is 9.47 Å². The number of rotatable bonds is 8. The normalized spacial score (nSPS) is 14.0. The topological polar surface area (TPSA) is 100 Å². The molecule has 1 aliphatic heterocycles. The summed E-state index contributed by atoms with van der Waals surface area (Å²) in [6.45, 7) is 4.07. The van der Waals surface area contributed by atoms with Gasteiger partial charge in [0.25, 0.3) is 5.69 Å². The van der Waals surface area contributed by atoms with Crippen molar-refractivity contribution in [1.82, 2.24) is 0 Å². The summed E-state index contributed by atoms with van der Waals surface area (Å²) < 4.78 is 29.9. The quantitative estimate of drug-likeness (QED) is 0.188. The van der Waals surface area contributed by atoms with Crippen molar-refractivity contribution >= 4 is 23.6 Å². The van der Waals surface area contributed by atoms with E-state index in [2.05, 4.69) is 4.99 Å². The van der Waals surface area contributed by atoms with Gasteiger partial charge in [0.15, 0.2) is 17.2 Å². The van der Waals surface area contributed by atoms with Gasteiger partial charge in [-0.1, -0.05) is 18.2 Å². The molecule has 1 heterocycles. The van der Waals surface area contributed by atoms with Crippen LogP contribution in [0.25, 0.3) is 6.08 Å². The van der Waals surface area contributed by atoms with Gasteiger partial charge in [-0.2, -0.15) is 0 Å². The van der Waals surface area contributed by atoms with Gasteiger partial charge in [-0.05, 0) is 67.4 Å². The van der Waals surface area contributed by atoms with Crippen LogP contribution in [0.1, 0.15) is 29.2 Å². The van der Waals surface area contributed by atoms with Crippen LogP contribution in [0.4, 0.5) is 10.1 Å². The van der Waals surface area contributed by atoms with Crippen LogP contribution >= 0.6 is 0 Å². The number of hydrogen-bond donors (Lipinski definition) is 0. The van der Waals surface area contributed by atoms with E-state index in [0.29, 0.717) is 34.8 Å². The minimum absolute atomic E-state index is 0.0281. The SMILES string of the molecule is CCOc1cc(/C=C2\N=C(c3ccc([N+](=O)[O-])c(C)c3)OC2=O)ccc1OCc1ccc(F)cc1. The Bertz CT molecular complexity index is 1350. The third-order valence-electron chi connectivity index (χ3n) is 5.14. The number of aryl methyl sites for hydroxylation is 1. The van der Waals surface area contributed by atoms with Crippen molar-refractivity contribution in [1.29, 1.82) is 0 Å². The van der Waals surface area contributed by atoms with Crippen molar-refractivity contribution in [3.8, 4) is 11.5 Å². The smallest absolute Gasteiger partial charge is 0.363 e. The molecule has 0 bridgehead atoms. The molecule has 35 heavy (non-hydrogen) atoms. The second-order valence-electron chi connectivity index (χ2n) is 7.65. The summed E-state index contributed by atoms with van der Waals surface area (Å²) >= 11 is 0. The van der Waals surface area contributed by atoms with Crippen LogP contribution in [0.15, 0.2) is 71.4 Å². The fraction of sp³-hybridized carbons (Fsp3) is 0.154. The van der Waals surface area contributed by atoms with Gasteiger partial charge in [0.1, 0.15) is 12.4 Å². The number of carbonyl (C=O) groups is 1. The van der Waals surface area contributed by atoms with E-state index in [1.165, 1.54) is 24.3 Å². The number of esters is 1. The fourth-order valence-electron chi connectivity index (χ4n) is 3.43. The van der Waals surface area contributed by atoms with Gasteiger partial charge in [-0.25, -0.2) is 14.2 Å². The Morgan fingerprint density at radius 2 is 1.83 bits per heavy atom. The Balaban J connectivity index is 1.56. The predicted octanol–water partition coefficient (Wildman–Crippen LogP) is 5.36. The first-order chi connectivity index (χ1) is 16.8. The number of ether oxygens (including phenoxy) is 3. The van der Waals surface area contributed by atoms with Crippen molar-refractivity contribution in [2.45, 2.75) is 20.5 Å². The lowest BCUT2D eigenvalue weighted by molar-refractivity contribution is -0.385. The van der Waals surface area contributed by atoms with Gasteiger partial charge in [-0.15, -0.1) is 0 Å². The highest BCUT2D eigenvalue weighted by atomic mass is 19.1. The van der Waals surface area contributed by atoms with Gasteiger partial charge in [0.05, 0.1) is 11.5 Å². The van der Waals surface area contributed by atoms with Crippen LogP contribution in [-0.4, -0.2) is 23.4 Å². The summed E-state index contributed by atoms with van der Waals surface area (Å²) in [6, 6.07) is 15.6. The number of halogens is 1. The molecule has 0 N–H and O–H groups in total. The number of aliphatic imine (C=N–C) groups is 1. The summed E-state index contributed by atoms with van der Waals surface area (Å²) in [5, 5.41) is 11.0. The van der Waals surface area contributed by atoms with Crippen LogP contribution in [0.5, 0.6) is 11.5 Å². The van der Waals surface area contributed by atoms with Crippen molar-refractivity contribution in [2.75, 3.05) is 6.61 Å². The number of benzene rings is 3. The zero-order valence-electron chi connectivity index (χ0n) is 19.0. The molecule has 0 radical (unpaired) electrons. The molecule has 0 unspecified atom stereocenters. The van der Waals surface area contributed by atoms with E-state index < -0.39 is 10.9 Å². The lowest BCUT2D eigenvalue weighted by Gasteiger charge is -2.13. The maximum absolute atomic E-state index is 13.1. The van der Waals surface area contributed by atoms with Gasteiger partial charge >= 0.3 is 5.97 Å². The lowest BCUT2D eigenvalue weighted by atomic mass is 10.1. The zero-order chi connectivity index (χ0) is 24.9. The highest BCUT2D eigenvalue weighted by Crippen LogP contribution is 2.31. The molecule has 1 aliphatic rings. The van der Waals surface area contributed by atoms with Gasteiger partial charge in [-0.3, -0.25) is 10.1 Å². The second-order valence-corrected chi connectivity index (χ2v) is 7.65. The average Bonchev–Trinajstić information content (AvgIpc) is 3.19. The molecule has 178 valence electrons. The summed E-state index contributed by atoms with van der Waals surface area (Å²) in [6.07, 6.45) is 1.56. The average molecular weight is 476 g/mol. The standard InChI is InChI=1S/C26H21FN2O6/c1-3-33-24-14-18(6-11-23(24)34-15-17-4-8-20(27)9-5-17)13-21-26(30)35-25(28-21)19-7-10-22(29(31)32)16(2)12-19/h4-14H,3,15H2,1-2H3/b21-13-. The number of nitrogens with zero attached hydrogens (tertiary/aromatic N) is 2. The minimum Gasteiger partial charge on any atom is -0.490 e. The molecule has 0 aliphatic carbocycles. The highest BCUT2D eigenvalue weighted by molar-refractivity contribution is 6.13. The van der Waals surface area contributed by atoms with E-state index in [-0.39, 0.29) is 29.7 Å². The zero-order valence-corrected chi connectivity index (χ0v) is 19.0. The predicted molar refractivity (Wildman–Crippen MR) is 127 cm³/mol. The Labute approximate surface area is 200 Å². The van der Waals surface area contributed by atoms with Crippen LogP contribution in [-0.2, 0) is 16.1 Å². The molecule has 4 rings (SSSR count). The summed E-state index contributed by atoms with van der Waals surface area (Å²) in [7, 11) is 0. The third-order valence-corrected chi connectivity index (χ3v) is 5.14. The first-order valence-corrected chi connectivity index (χ1v) is 10.8. The molecule has 8 nitrogen and oxygen atoms in total. The molecule has 3 aromatic rings. The summed E-state index contributed by atoms with van der Waals surface area (Å²) in [4.78, 5) is 27.2. The molecule has 0 saturated heterocycles. The van der Waals surface area contributed by atoms with Crippen molar-refractivity contribution in [2.24, 2.45) is 4.99 Å². The fourth-order valence-corrected chi connectivity index (χ4v) is 3.43. The minimum atomic E-state index is -0.634. The second kappa shape index (κ2) is 10.2. The molecule has 9 heteroatoms. The number of nitro groups is 1. The number of carbonyl (C=O) groups excluding carboxylic acids is 1. The van der Waals surface area contributed by atoms with Gasteiger partial charge < -0.3 is 14.2 Å². The molecule has 0 saturated carbocycles. The Morgan fingerprint density at radius 1 is 1.06 bits per heavy atom. The molecular weight excluding hydrogens is 455 g/mol. The monoisotopic (exact) mass is 476 g/mol. The number of nitro benzene ring substituents is 1. The van der Waals surface area contributed by atoms with Crippen LogP contribution in [0.2, 0.25) is 0 Å². The third kappa shape index (κ3) is 5.52. The number of cyclic esters (lactones) is 1. The number of hydrogen-bond acceptors (Lipinski definition) is 7. The van der Waals surface area contributed by atoms with E-state index in [9.17, 15) is 19.3 Å². The van der Waals surface area contributed by atoms with E-state index >= 15 is 0 Å². The Morgan fingerprint density at radius 3 is 2.51 bits per heavy atom. The first kappa shape index (κ1) is 23.6. The first-order valence-electron chi connectivity index (χ1n) is 10.8. The van der Waals surface area contributed by atoms with E-state index in [0.717, 1.165) is 5.56 Å². The van der Waals surface area contributed by atoms with Crippen molar-refractivity contribution in [3.05, 3.63) is 105 Å². The molecule has 0 fully saturated rings. The largest absolute Gasteiger partial charge is 0.490 e. The molecule has 0 spiro atoms. The maximum atomic E-state index is 13.1. The summed E-state index contributed by atoms with van der Waals surface area (Å²) in [5.41, 5.74) is 2.39. The van der Waals surface area contributed by atoms with Gasteiger partial charge in [0.2, 0.25) is 5.90 Å². The van der Waals surface area contributed by atoms with Crippen molar-refractivity contribution in [3.63, 3.8) is 0 Å². The molecule has 0 amide bonds. The molecular formula is C26H21FN2O6. The molecule has 3 aromatic carbocycles. The molecule has 0 atom stereocenters. The summed E-state index contributed by atoms with van der Waals surface area (Å²) in [5.74, 6) is 0.0960. The Kier molecular flexibility index (Phi) is 6.86. The van der Waals surface area contributed by atoms with Crippen molar-refractivity contribution < 1.29 is 28.3 Å². The van der Waals surface area contributed by atoms with E-state index in [1.54, 1.807) is 49.4 Å². The Hall–Kier alpha value is -4.53. The lowest BCUT2D eigenvalue weighted by Crippen LogP contribution is -2.06.